The van der Waals surface area contributed by atoms with Crippen LogP contribution in [0.1, 0.15) is 36.6 Å². The second-order valence-electron chi connectivity index (χ2n) is 5.33. The minimum Gasteiger partial charge on any atom is -0.496 e. The van der Waals surface area contributed by atoms with Gasteiger partial charge in [-0.1, -0.05) is 13.8 Å². The molecule has 0 aliphatic carbocycles. The van der Waals surface area contributed by atoms with Gasteiger partial charge in [0.1, 0.15) is 5.75 Å². The van der Waals surface area contributed by atoms with Gasteiger partial charge >= 0.3 is 0 Å². The van der Waals surface area contributed by atoms with Crippen LogP contribution in [0.4, 0.5) is 5.95 Å². The van der Waals surface area contributed by atoms with Gasteiger partial charge in [-0.25, -0.2) is 9.97 Å². The maximum Gasteiger partial charge on any atom is 0.220 e. The molecule has 2 rings (SSSR count). The SMILES string of the molecule is COc1cc(C)c(C)cc1-c1cc(C(C)C)nc(N)n1. The van der Waals surface area contributed by atoms with Crippen molar-refractivity contribution < 1.29 is 4.74 Å². The molecule has 106 valence electrons. The van der Waals surface area contributed by atoms with E-state index in [9.17, 15) is 0 Å². The number of methoxy groups -OCH3 is 1. The monoisotopic (exact) mass is 271 g/mol. The van der Waals surface area contributed by atoms with Crippen molar-refractivity contribution in [3.8, 4) is 17.0 Å². The van der Waals surface area contributed by atoms with Crippen molar-refractivity contribution in [3.63, 3.8) is 0 Å². The summed E-state index contributed by atoms with van der Waals surface area (Å²) >= 11 is 0. The number of nitrogen functional groups attached to an aromatic ring is 1. The average Bonchev–Trinajstić information content (AvgIpc) is 2.40. The summed E-state index contributed by atoms with van der Waals surface area (Å²) < 4.78 is 5.47. The molecule has 0 aliphatic rings. The average molecular weight is 271 g/mol. The lowest BCUT2D eigenvalue weighted by atomic mass is 10.0. The molecule has 1 heterocycles. The lowest BCUT2D eigenvalue weighted by molar-refractivity contribution is 0.416. The maximum absolute atomic E-state index is 5.83. The summed E-state index contributed by atoms with van der Waals surface area (Å²) in [7, 11) is 1.67. The number of rotatable bonds is 3. The van der Waals surface area contributed by atoms with E-state index in [0.29, 0.717) is 11.9 Å². The summed E-state index contributed by atoms with van der Waals surface area (Å²) in [5, 5.41) is 0. The van der Waals surface area contributed by atoms with E-state index < -0.39 is 0 Å². The molecule has 4 nitrogen and oxygen atoms in total. The highest BCUT2D eigenvalue weighted by molar-refractivity contribution is 5.70. The van der Waals surface area contributed by atoms with Crippen LogP contribution in [0.25, 0.3) is 11.3 Å². The van der Waals surface area contributed by atoms with Gasteiger partial charge < -0.3 is 10.5 Å². The van der Waals surface area contributed by atoms with Crippen LogP contribution in [0.5, 0.6) is 5.75 Å². The minimum atomic E-state index is 0.298. The number of nitrogens with zero attached hydrogens (tertiary/aromatic N) is 2. The highest BCUT2D eigenvalue weighted by Crippen LogP contribution is 2.32. The van der Waals surface area contributed by atoms with Gasteiger partial charge in [-0.15, -0.1) is 0 Å². The van der Waals surface area contributed by atoms with Crippen LogP contribution >= 0.6 is 0 Å². The predicted molar refractivity (Wildman–Crippen MR) is 82.0 cm³/mol. The minimum absolute atomic E-state index is 0.298. The van der Waals surface area contributed by atoms with Gasteiger partial charge in [0.25, 0.3) is 0 Å². The molecule has 0 spiro atoms. The van der Waals surface area contributed by atoms with Crippen molar-refractivity contribution in [2.75, 3.05) is 12.8 Å². The van der Waals surface area contributed by atoms with E-state index in [0.717, 1.165) is 22.7 Å². The zero-order valence-corrected chi connectivity index (χ0v) is 12.7. The topological polar surface area (TPSA) is 61.0 Å². The molecule has 0 aliphatic heterocycles. The fourth-order valence-corrected chi connectivity index (χ4v) is 2.08. The molecular weight excluding hydrogens is 250 g/mol. The number of hydrogen-bond donors (Lipinski definition) is 1. The second-order valence-corrected chi connectivity index (χ2v) is 5.33. The van der Waals surface area contributed by atoms with E-state index in [-0.39, 0.29) is 0 Å². The summed E-state index contributed by atoms with van der Waals surface area (Å²) in [6.45, 7) is 8.31. The molecule has 0 saturated carbocycles. The smallest absolute Gasteiger partial charge is 0.220 e. The number of hydrogen-bond acceptors (Lipinski definition) is 4. The molecule has 2 N–H and O–H groups in total. The summed E-state index contributed by atoms with van der Waals surface area (Å²) in [5.41, 5.74) is 10.9. The second kappa shape index (κ2) is 5.49. The zero-order valence-electron chi connectivity index (χ0n) is 12.7. The molecule has 0 unspecified atom stereocenters. The van der Waals surface area contributed by atoms with Crippen molar-refractivity contribution in [2.45, 2.75) is 33.6 Å². The molecule has 2 aromatic rings. The normalized spacial score (nSPS) is 10.9. The van der Waals surface area contributed by atoms with Crippen molar-refractivity contribution in [1.82, 2.24) is 9.97 Å². The van der Waals surface area contributed by atoms with Gasteiger partial charge in [0.2, 0.25) is 5.95 Å². The molecule has 0 saturated heterocycles. The molecule has 0 radical (unpaired) electrons. The summed E-state index contributed by atoms with van der Waals surface area (Å²) in [6, 6.07) is 6.09. The molecule has 0 amide bonds. The fraction of sp³-hybridized carbons (Fsp3) is 0.375. The van der Waals surface area contributed by atoms with E-state index in [1.54, 1.807) is 7.11 Å². The Balaban J connectivity index is 2.64. The van der Waals surface area contributed by atoms with Gasteiger partial charge in [-0.2, -0.15) is 0 Å². The zero-order chi connectivity index (χ0) is 14.9. The van der Waals surface area contributed by atoms with Crippen LogP contribution in [-0.4, -0.2) is 17.1 Å². The Bertz CT molecular complexity index is 636. The number of anilines is 1. The highest BCUT2D eigenvalue weighted by atomic mass is 16.5. The standard InChI is InChI=1S/C16H21N3O/c1-9(2)13-8-14(19-16(17)18-13)12-6-10(3)11(4)7-15(12)20-5/h6-9H,1-5H3,(H2,17,18,19). The molecule has 4 heteroatoms. The molecular formula is C16H21N3O. The van der Waals surface area contributed by atoms with Crippen LogP contribution in [0.2, 0.25) is 0 Å². The molecule has 1 aromatic heterocycles. The van der Waals surface area contributed by atoms with Gasteiger partial charge in [0, 0.05) is 11.3 Å². The Morgan fingerprint density at radius 2 is 1.70 bits per heavy atom. The van der Waals surface area contributed by atoms with Crippen LogP contribution in [0, 0.1) is 13.8 Å². The number of nitrogens with two attached hydrogens (primary N) is 1. The first-order valence-electron chi connectivity index (χ1n) is 6.72. The summed E-state index contributed by atoms with van der Waals surface area (Å²) in [5.74, 6) is 1.41. The van der Waals surface area contributed by atoms with Crippen molar-refractivity contribution in [2.24, 2.45) is 0 Å². The fourth-order valence-electron chi connectivity index (χ4n) is 2.08. The third-order valence-corrected chi connectivity index (χ3v) is 3.45. The van der Waals surface area contributed by atoms with Crippen molar-refractivity contribution >= 4 is 5.95 Å². The third kappa shape index (κ3) is 2.74. The first-order valence-corrected chi connectivity index (χ1v) is 6.72. The first-order chi connectivity index (χ1) is 9.42. The lowest BCUT2D eigenvalue weighted by Crippen LogP contribution is -2.03. The van der Waals surface area contributed by atoms with E-state index in [4.69, 9.17) is 10.5 Å². The Morgan fingerprint density at radius 3 is 2.30 bits per heavy atom. The molecule has 0 atom stereocenters. The predicted octanol–water partition coefficient (Wildman–Crippen LogP) is 3.47. The number of ether oxygens (including phenoxy) is 1. The largest absolute Gasteiger partial charge is 0.496 e. The quantitative estimate of drug-likeness (QED) is 0.928. The number of aryl methyl sites for hydroxylation is 2. The van der Waals surface area contributed by atoms with Crippen molar-refractivity contribution in [3.05, 3.63) is 35.0 Å². The van der Waals surface area contributed by atoms with Gasteiger partial charge in [-0.05, 0) is 49.1 Å². The van der Waals surface area contributed by atoms with Crippen molar-refractivity contribution in [1.29, 1.82) is 0 Å². The highest BCUT2D eigenvalue weighted by Gasteiger charge is 2.13. The Morgan fingerprint density at radius 1 is 1.05 bits per heavy atom. The van der Waals surface area contributed by atoms with Crippen LogP contribution < -0.4 is 10.5 Å². The number of aromatic nitrogens is 2. The Labute approximate surface area is 120 Å². The number of benzene rings is 1. The van der Waals surface area contributed by atoms with Crippen LogP contribution in [-0.2, 0) is 0 Å². The molecule has 0 fully saturated rings. The summed E-state index contributed by atoms with van der Waals surface area (Å²) in [4.78, 5) is 8.63. The third-order valence-electron chi connectivity index (χ3n) is 3.45. The molecule has 20 heavy (non-hydrogen) atoms. The molecule has 1 aromatic carbocycles. The van der Waals surface area contributed by atoms with E-state index in [1.165, 1.54) is 11.1 Å². The lowest BCUT2D eigenvalue weighted by Gasteiger charge is -2.13. The van der Waals surface area contributed by atoms with Crippen LogP contribution in [0.15, 0.2) is 18.2 Å². The summed E-state index contributed by atoms with van der Waals surface area (Å²) in [6.07, 6.45) is 0. The van der Waals surface area contributed by atoms with E-state index >= 15 is 0 Å². The first kappa shape index (κ1) is 14.3. The van der Waals surface area contributed by atoms with Gasteiger partial charge in [0.15, 0.2) is 0 Å². The van der Waals surface area contributed by atoms with E-state index in [2.05, 4.69) is 43.7 Å². The molecule has 0 bridgehead atoms. The Hall–Kier alpha value is -2.10. The maximum atomic E-state index is 5.83. The van der Waals surface area contributed by atoms with Gasteiger partial charge in [-0.3, -0.25) is 0 Å². The van der Waals surface area contributed by atoms with Crippen LogP contribution in [0.3, 0.4) is 0 Å². The Kier molecular flexibility index (Phi) is 3.93. The van der Waals surface area contributed by atoms with Gasteiger partial charge in [0.05, 0.1) is 12.8 Å². The van der Waals surface area contributed by atoms with E-state index in [1.807, 2.05) is 12.1 Å².